The third-order valence-corrected chi connectivity index (χ3v) is 3.95. The standard InChI is InChI=1S/C21H21N3O3/c1-15(2)24(14-16-6-4-3-5-7-16)20(25)18(12-22)13-23-19-10-8-17(9-11-19)21(26)27/h3-11,13,15,23H,14H2,1-2H3,(H,26,27)/b18-13-. The Morgan fingerprint density at radius 1 is 1.15 bits per heavy atom. The molecule has 1 amide bonds. The lowest BCUT2D eigenvalue weighted by Gasteiger charge is -2.26. The first-order valence-corrected chi connectivity index (χ1v) is 8.47. The van der Waals surface area contributed by atoms with Crippen molar-refractivity contribution in [3.8, 4) is 6.07 Å². The van der Waals surface area contributed by atoms with Gasteiger partial charge in [-0.25, -0.2) is 4.79 Å². The zero-order valence-electron chi connectivity index (χ0n) is 15.2. The van der Waals surface area contributed by atoms with Gasteiger partial charge in [-0.15, -0.1) is 0 Å². The maximum atomic E-state index is 12.8. The van der Waals surface area contributed by atoms with E-state index in [0.29, 0.717) is 12.2 Å². The molecule has 0 spiro atoms. The normalized spacial score (nSPS) is 11.0. The number of anilines is 1. The van der Waals surface area contributed by atoms with Crippen LogP contribution in [0.4, 0.5) is 5.69 Å². The number of carbonyl (C=O) groups is 2. The number of carboxylic acids is 1. The predicted octanol–water partition coefficient (Wildman–Crippen LogP) is 3.64. The van der Waals surface area contributed by atoms with Gasteiger partial charge in [-0.3, -0.25) is 4.79 Å². The number of rotatable bonds is 7. The van der Waals surface area contributed by atoms with Crippen LogP contribution in [0.25, 0.3) is 0 Å². The molecular weight excluding hydrogens is 342 g/mol. The quantitative estimate of drug-likeness (QED) is 0.579. The summed E-state index contributed by atoms with van der Waals surface area (Å²) < 4.78 is 0. The highest BCUT2D eigenvalue weighted by atomic mass is 16.4. The van der Waals surface area contributed by atoms with Gasteiger partial charge in [0.2, 0.25) is 0 Å². The first kappa shape index (κ1) is 19.7. The summed E-state index contributed by atoms with van der Waals surface area (Å²) in [5, 5.41) is 21.2. The van der Waals surface area contributed by atoms with Gasteiger partial charge in [0, 0.05) is 24.5 Å². The van der Waals surface area contributed by atoms with E-state index in [1.54, 1.807) is 17.0 Å². The van der Waals surface area contributed by atoms with Gasteiger partial charge < -0.3 is 15.3 Å². The Balaban J connectivity index is 2.15. The maximum Gasteiger partial charge on any atom is 0.335 e. The van der Waals surface area contributed by atoms with Gasteiger partial charge in [0.15, 0.2) is 0 Å². The molecule has 2 aromatic carbocycles. The van der Waals surface area contributed by atoms with Crippen molar-refractivity contribution in [2.45, 2.75) is 26.4 Å². The second-order valence-corrected chi connectivity index (χ2v) is 6.21. The van der Waals surface area contributed by atoms with Gasteiger partial charge in [0.1, 0.15) is 11.6 Å². The highest BCUT2D eigenvalue weighted by Gasteiger charge is 2.21. The van der Waals surface area contributed by atoms with E-state index in [9.17, 15) is 14.9 Å². The molecule has 0 aliphatic heterocycles. The number of nitriles is 1. The predicted molar refractivity (Wildman–Crippen MR) is 103 cm³/mol. The molecule has 2 N–H and O–H groups in total. The van der Waals surface area contributed by atoms with Crippen LogP contribution >= 0.6 is 0 Å². The van der Waals surface area contributed by atoms with Crippen LogP contribution in [0, 0.1) is 11.3 Å². The van der Waals surface area contributed by atoms with Gasteiger partial charge in [-0.1, -0.05) is 30.3 Å². The minimum Gasteiger partial charge on any atom is -0.478 e. The lowest BCUT2D eigenvalue weighted by atomic mass is 10.1. The minimum absolute atomic E-state index is 0.0260. The monoisotopic (exact) mass is 363 g/mol. The lowest BCUT2D eigenvalue weighted by molar-refractivity contribution is -0.129. The number of hydrogen-bond donors (Lipinski definition) is 2. The Kier molecular flexibility index (Phi) is 6.73. The molecule has 2 rings (SSSR count). The summed E-state index contributed by atoms with van der Waals surface area (Å²) in [5.41, 5.74) is 1.70. The van der Waals surface area contributed by atoms with Crippen molar-refractivity contribution in [3.63, 3.8) is 0 Å². The Labute approximate surface area is 158 Å². The first-order valence-electron chi connectivity index (χ1n) is 8.47. The minimum atomic E-state index is -1.02. The van der Waals surface area contributed by atoms with Crippen LogP contribution in [0.2, 0.25) is 0 Å². The van der Waals surface area contributed by atoms with Crippen molar-refractivity contribution in [1.82, 2.24) is 4.90 Å². The van der Waals surface area contributed by atoms with Crippen LogP contribution in [0.1, 0.15) is 29.8 Å². The van der Waals surface area contributed by atoms with E-state index < -0.39 is 5.97 Å². The highest BCUT2D eigenvalue weighted by molar-refractivity contribution is 5.97. The van der Waals surface area contributed by atoms with Gasteiger partial charge in [-0.2, -0.15) is 5.26 Å². The van der Waals surface area contributed by atoms with Gasteiger partial charge in [0.25, 0.3) is 5.91 Å². The molecule has 0 radical (unpaired) electrons. The zero-order chi connectivity index (χ0) is 19.8. The number of carbonyl (C=O) groups excluding carboxylic acids is 1. The molecule has 0 atom stereocenters. The average molecular weight is 363 g/mol. The summed E-state index contributed by atoms with van der Waals surface area (Å²) in [6.45, 7) is 4.20. The van der Waals surface area contributed by atoms with Crippen molar-refractivity contribution in [2.24, 2.45) is 0 Å². The van der Waals surface area contributed by atoms with Gasteiger partial charge >= 0.3 is 5.97 Å². The molecule has 0 aromatic heterocycles. The fraction of sp³-hybridized carbons (Fsp3) is 0.190. The summed E-state index contributed by atoms with van der Waals surface area (Å²) >= 11 is 0. The summed E-state index contributed by atoms with van der Waals surface area (Å²) in [7, 11) is 0. The zero-order valence-corrected chi connectivity index (χ0v) is 15.2. The Morgan fingerprint density at radius 3 is 2.30 bits per heavy atom. The Hall–Kier alpha value is -3.59. The number of hydrogen-bond acceptors (Lipinski definition) is 4. The van der Waals surface area contributed by atoms with Crippen molar-refractivity contribution < 1.29 is 14.7 Å². The molecule has 2 aromatic rings. The fourth-order valence-corrected chi connectivity index (χ4v) is 2.43. The summed E-state index contributed by atoms with van der Waals surface area (Å²) in [6, 6.07) is 17.5. The van der Waals surface area contributed by atoms with Crippen LogP contribution < -0.4 is 5.32 Å². The van der Waals surface area contributed by atoms with Crippen molar-refractivity contribution in [2.75, 3.05) is 5.32 Å². The molecule has 0 fully saturated rings. The topological polar surface area (TPSA) is 93.4 Å². The first-order chi connectivity index (χ1) is 12.9. The molecule has 0 saturated heterocycles. The molecule has 6 heteroatoms. The molecule has 138 valence electrons. The Bertz CT molecular complexity index is 866. The fourth-order valence-electron chi connectivity index (χ4n) is 2.43. The van der Waals surface area contributed by atoms with E-state index in [4.69, 9.17) is 5.11 Å². The lowest BCUT2D eigenvalue weighted by Crippen LogP contribution is -2.37. The molecule has 27 heavy (non-hydrogen) atoms. The van der Waals surface area contributed by atoms with Crippen LogP contribution in [-0.4, -0.2) is 27.9 Å². The number of carboxylic acid groups (broad SMARTS) is 1. The summed E-state index contributed by atoms with van der Waals surface area (Å²) in [4.78, 5) is 25.3. The summed E-state index contributed by atoms with van der Waals surface area (Å²) in [5.74, 6) is -1.38. The van der Waals surface area contributed by atoms with E-state index in [2.05, 4.69) is 5.32 Å². The van der Waals surface area contributed by atoms with Crippen LogP contribution in [0.5, 0.6) is 0 Å². The number of nitrogens with one attached hydrogen (secondary N) is 1. The SMILES string of the molecule is CC(C)N(Cc1ccccc1)C(=O)/C(C#N)=C\Nc1ccc(C(=O)O)cc1. The third kappa shape index (κ3) is 5.44. The molecule has 0 bridgehead atoms. The smallest absolute Gasteiger partial charge is 0.335 e. The third-order valence-electron chi connectivity index (χ3n) is 3.95. The van der Waals surface area contributed by atoms with Crippen molar-refractivity contribution in [1.29, 1.82) is 5.26 Å². The van der Waals surface area contributed by atoms with Crippen LogP contribution in [0.3, 0.4) is 0 Å². The highest BCUT2D eigenvalue weighted by Crippen LogP contribution is 2.14. The number of amides is 1. The molecule has 0 unspecified atom stereocenters. The van der Waals surface area contributed by atoms with Gasteiger partial charge in [0.05, 0.1) is 5.56 Å². The van der Waals surface area contributed by atoms with Crippen molar-refractivity contribution >= 4 is 17.6 Å². The largest absolute Gasteiger partial charge is 0.478 e. The van der Waals surface area contributed by atoms with E-state index in [1.807, 2.05) is 50.2 Å². The molecular formula is C21H21N3O3. The van der Waals surface area contributed by atoms with E-state index in [1.165, 1.54) is 18.3 Å². The van der Waals surface area contributed by atoms with E-state index >= 15 is 0 Å². The van der Waals surface area contributed by atoms with Gasteiger partial charge in [-0.05, 0) is 43.7 Å². The average Bonchev–Trinajstić information content (AvgIpc) is 2.67. The van der Waals surface area contributed by atoms with E-state index in [-0.39, 0.29) is 23.1 Å². The molecule has 0 heterocycles. The maximum absolute atomic E-state index is 12.8. The van der Waals surface area contributed by atoms with Crippen LogP contribution in [-0.2, 0) is 11.3 Å². The number of benzene rings is 2. The number of aromatic carboxylic acids is 1. The summed E-state index contributed by atoms with van der Waals surface area (Å²) in [6.07, 6.45) is 1.35. The Morgan fingerprint density at radius 2 is 1.78 bits per heavy atom. The second kappa shape index (κ2) is 9.20. The molecule has 6 nitrogen and oxygen atoms in total. The number of nitrogens with zero attached hydrogens (tertiary/aromatic N) is 2. The molecule has 0 aliphatic carbocycles. The van der Waals surface area contributed by atoms with Crippen molar-refractivity contribution in [3.05, 3.63) is 77.5 Å². The van der Waals surface area contributed by atoms with E-state index in [0.717, 1.165) is 5.56 Å². The molecule has 0 aliphatic rings. The second-order valence-electron chi connectivity index (χ2n) is 6.21. The molecule has 0 saturated carbocycles. The van der Waals surface area contributed by atoms with Crippen LogP contribution in [0.15, 0.2) is 66.4 Å².